The van der Waals surface area contributed by atoms with E-state index in [-0.39, 0.29) is 0 Å². The number of benzene rings is 1. The Kier molecular flexibility index (Phi) is 3.45. The second kappa shape index (κ2) is 5.03. The van der Waals surface area contributed by atoms with E-state index < -0.39 is 0 Å². The second-order valence-electron chi connectivity index (χ2n) is 4.10. The Morgan fingerprint density at radius 1 is 1.27 bits per heavy atom. The van der Waals surface area contributed by atoms with Crippen LogP contribution in [0.5, 0.6) is 0 Å². The topological polar surface area (TPSA) is 41.3 Å². The van der Waals surface area contributed by atoms with Gasteiger partial charge in [-0.3, -0.25) is 0 Å². The first-order valence-corrected chi connectivity index (χ1v) is 5.66. The molecule has 2 rings (SSSR count). The lowest BCUT2D eigenvalue weighted by molar-refractivity contribution is 0.352. The first-order chi connectivity index (χ1) is 7.34. The molecule has 3 nitrogen and oxygen atoms in total. The van der Waals surface area contributed by atoms with Crippen molar-refractivity contribution < 1.29 is 0 Å². The first kappa shape index (κ1) is 10.3. The van der Waals surface area contributed by atoms with Gasteiger partial charge in [-0.05, 0) is 44.1 Å². The molecule has 3 heteroatoms. The fourth-order valence-corrected chi connectivity index (χ4v) is 2.01. The number of nitrogens with zero attached hydrogens (tertiary/aromatic N) is 1. The average molecular weight is 205 g/mol. The van der Waals surface area contributed by atoms with E-state index in [4.69, 9.17) is 5.73 Å². The summed E-state index contributed by atoms with van der Waals surface area (Å²) in [6.45, 7) is 4.66. The van der Waals surface area contributed by atoms with Crippen LogP contribution in [0.2, 0.25) is 0 Å². The van der Waals surface area contributed by atoms with E-state index in [0.29, 0.717) is 0 Å². The molecule has 3 N–H and O–H groups in total. The van der Waals surface area contributed by atoms with Crippen LogP contribution in [-0.4, -0.2) is 31.1 Å². The largest absolute Gasteiger partial charge is 0.399 e. The minimum Gasteiger partial charge on any atom is -0.399 e. The third-order valence-electron chi connectivity index (χ3n) is 2.84. The Morgan fingerprint density at radius 3 is 2.80 bits per heavy atom. The summed E-state index contributed by atoms with van der Waals surface area (Å²) in [6, 6.07) is 7.92. The molecule has 1 heterocycles. The minimum absolute atomic E-state index is 0.821. The molecule has 0 aromatic heterocycles. The van der Waals surface area contributed by atoms with E-state index >= 15 is 0 Å². The van der Waals surface area contributed by atoms with Gasteiger partial charge in [0.05, 0.1) is 0 Å². The van der Waals surface area contributed by atoms with Crippen LogP contribution in [0.25, 0.3) is 0 Å². The van der Waals surface area contributed by atoms with Crippen LogP contribution < -0.4 is 11.1 Å². The Balaban J connectivity index is 1.73. The van der Waals surface area contributed by atoms with E-state index in [2.05, 4.69) is 16.3 Å². The van der Waals surface area contributed by atoms with Crippen molar-refractivity contribution in [3.63, 3.8) is 0 Å². The van der Waals surface area contributed by atoms with Crippen molar-refractivity contribution in [2.45, 2.75) is 12.8 Å². The molecule has 1 aromatic rings. The van der Waals surface area contributed by atoms with Crippen LogP contribution in [0, 0.1) is 0 Å². The smallest absolute Gasteiger partial charge is 0.0361 e. The molecule has 15 heavy (non-hydrogen) atoms. The highest BCUT2D eigenvalue weighted by Gasteiger charge is 2.09. The molecule has 0 amide bonds. The molecule has 0 spiro atoms. The molecule has 0 atom stereocenters. The van der Waals surface area contributed by atoms with Gasteiger partial charge in [0, 0.05) is 24.5 Å². The van der Waals surface area contributed by atoms with Gasteiger partial charge in [0.2, 0.25) is 0 Å². The summed E-state index contributed by atoms with van der Waals surface area (Å²) in [7, 11) is 0. The highest BCUT2D eigenvalue weighted by molar-refractivity contribution is 5.53. The van der Waals surface area contributed by atoms with Gasteiger partial charge in [-0.1, -0.05) is 6.07 Å². The van der Waals surface area contributed by atoms with Gasteiger partial charge in [-0.25, -0.2) is 0 Å². The van der Waals surface area contributed by atoms with Gasteiger partial charge >= 0.3 is 0 Å². The van der Waals surface area contributed by atoms with Crippen LogP contribution in [-0.2, 0) is 0 Å². The molecule has 1 aliphatic heterocycles. The molecule has 1 aromatic carbocycles. The molecule has 0 bridgehead atoms. The molecule has 1 fully saturated rings. The van der Waals surface area contributed by atoms with Crippen molar-refractivity contribution in [1.82, 2.24) is 4.90 Å². The van der Waals surface area contributed by atoms with Gasteiger partial charge in [0.1, 0.15) is 0 Å². The SMILES string of the molecule is Nc1cccc(NCCN2CCCC2)c1. The highest BCUT2D eigenvalue weighted by Crippen LogP contribution is 2.12. The van der Waals surface area contributed by atoms with Gasteiger partial charge in [-0.2, -0.15) is 0 Å². The van der Waals surface area contributed by atoms with E-state index in [9.17, 15) is 0 Å². The highest BCUT2D eigenvalue weighted by atomic mass is 15.1. The fraction of sp³-hybridized carbons (Fsp3) is 0.500. The molecular weight excluding hydrogens is 186 g/mol. The van der Waals surface area contributed by atoms with Gasteiger partial charge in [-0.15, -0.1) is 0 Å². The van der Waals surface area contributed by atoms with E-state index in [1.807, 2.05) is 18.2 Å². The van der Waals surface area contributed by atoms with Crippen LogP contribution in [0.3, 0.4) is 0 Å². The van der Waals surface area contributed by atoms with Crippen molar-refractivity contribution >= 4 is 11.4 Å². The summed E-state index contributed by atoms with van der Waals surface area (Å²) >= 11 is 0. The average Bonchev–Trinajstić information content (AvgIpc) is 2.71. The van der Waals surface area contributed by atoms with Gasteiger partial charge < -0.3 is 16.0 Å². The predicted octanol–water partition coefficient (Wildman–Crippen LogP) is 1.78. The molecule has 1 aliphatic rings. The summed E-state index contributed by atoms with van der Waals surface area (Å²) in [5, 5.41) is 3.39. The zero-order chi connectivity index (χ0) is 10.5. The summed E-state index contributed by atoms with van der Waals surface area (Å²) in [4.78, 5) is 2.50. The molecule has 0 aliphatic carbocycles. The van der Waals surface area contributed by atoms with Crippen molar-refractivity contribution in [3.8, 4) is 0 Å². The number of likely N-dealkylation sites (tertiary alicyclic amines) is 1. The third-order valence-corrected chi connectivity index (χ3v) is 2.84. The van der Waals surface area contributed by atoms with Crippen molar-refractivity contribution in [1.29, 1.82) is 0 Å². The molecular formula is C12H19N3. The number of hydrogen-bond acceptors (Lipinski definition) is 3. The van der Waals surface area contributed by atoms with E-state index in [0.717, 1.165) is 24.5 Å². The number of hydrogen-bond donors (Lipinski definition) is 2. The van der Waals surface area contributed by atoms with Crippen LogP contribution in [0.15, 0.2) is 24.3 Å². The number of nitrogens with two attached hydrogens (primary N) is 1. The number of rotatable bonds is 4. The maximum Gasteiger partial charge on any atom is 0.0361 e. The molecule has 82 valence electrons. The summed E-state index contributed by atoms with van der Waals surface area (Å²) < 4.78 is 0. The Bertz CT molecular complexity index is 305. The minimum atomic E-state index is 0.821. The molecule has 0 radical (unpaired) electrons. The predicted molar refractivity (Wildman–Crippen MR) is 65.0 cm³/mol. The number of nitrogen functional groups attached to an aromatic ring is 1. The van der Waals surface area contributed by atoms with Gasteiger partial charge in [0.15, 0.2) is 0 Å². The Hall–Kier alpha value is -1.22. The Morgan fingerprint density at radius 2 is 2.07 bits per heavy atom. The first-order valence-electron chi connectivity index (χ1n) is 5.66. The van der Waals surface area contributed by atoms with Gasteiger partial charge in [0.25, 0.3) is 0 Å². The lowest BCUT2D eigenvalue weighted by atomic mass is 10.3. The Labute approximate surface area is 91.3 Å². The third kappa shape index (κ3) is 3.13. The molecule has 0 saturated carbocycles. The lowest BCUT2D eigenvalue weighted by Crippen LogP contribution is -2.25. The maximum atomic E-state index is 5.70. The van der Waals surface area contributed by atoms with Crippen molar-refractivity contribution in [2.75, 3.05) is 37.2 Å². The summed E-state index contributed by atoms with van der Waals surface area (Å²) in [5.74, 6) is 0. The van der Waals surface area contributed by atoms with Crippen LogP contribution in [0.4, 0.5) is 11.4 Å². The fourth-order valence-electron chi connectivity index (χ4n) is 2.01. The summed E-state index contributed by atoms with van der Waals surface area (Å²) in [6.07, 6.45) is 2.72. The standard InChI is InChI=1S/C12H19N3/c13-11-4-3-5-12(10-11)14-6-9-15-7-1-2-8-15/h3-5,10,14H,1-2,6-9,13H2. The number of anilines is 2. The quantitative estimate of drug-likeness (QED) is 0.736. The van der Waals surface area contributed by atoms with Crippen molar-refractivity contribution in [3.05, 3.63) is 24.3 Å². The normalized spacial score (nSPS) is 16.8. The van der Waals surface area contributed by atoms with Crippen molar-refractivity contribution in [2.24, 2.45) is 0 Å². The summed E-state index contributed by atoms with van der Waals surface area (Å²) in [5.41, 5.74) is 7.64. The molecule has 0 unspecified atom stereocenters. The zero-order valence-corrected chi connectivity index (χ0v) is 9.08. The van der Waals surface area contributed by atoms with Crippen LogP contribution in [0.1, 0.15) is 12.8 Å². The second-order valence-corrected chi connectivity index (χ2v) is 4.10. The molecule has 1 saturated heterocycles. The maximum absolute atomic E-state index is 5.70. The van der Waals surface area contributed by atoms with E-state index in [1.165, 1.54) is 25.9 Å². The van der Waals surface area contributed by atoms with E-state index in [1.54, 1.807) is 0 Å². The monoisotopic (exact) mass is 205 g/mol. The zero-order valence-electron chi connectivity index (χ0n) is 9.08. The lowest BCUT2D eigenvalue weighted by Gasteiger charge is -2.15. The number of nitrogens with one attached hydrogen (secondary N) is 1. The van der Waals surface area contributed by atoms with Crippen LogP contribution >= 0.6 is 0 Å².